The van der Waals surface area contributed by atoms with Gasteiger partial charge in [-0.15, -0.1) is 10.2 Å². The lowest BCUT2D eigenvalue weighted by Crippen LogP contribution is -1.77. The molecular weight excluding hydrogens is 296 g/mol. The maximum Gasteiger partial charge on any atom is 0.248 e. The number of aliphatic imine (C=N–C) groups is 2. The molecule has 3 aromatic rings. The quantitative estimate of drug-likeness (QED) is 0.544. The number of hydrogen-bond acceptors (Lipinski definition) is 7. The normalized spacial score (nSPS) is 9.74. The highest BCUT2D eigenvalue weighted by molar-refractivity contribution is 5.65. The maximum absolute atomic E-state index is 10.3. The Morgan fingerprint density at radius 2 is 1.26 bits per heavy atom. The van der Waals surface area contributed by atoms with Gasteiger partial charge in [-0.3, -0.25) is 0 Å². The molecule has 0 aliphatic rings. The van der Waals surface area contributed by atoms with Crippen LogP contribution in [0, 0.1) is 0 Å². The molecule has 3 rings (SSSR count). The van der Waals surface area contributed by atoms with Crippen LogP contribution < -0.4 is 0 Å². The number of nitrogens with zero attached hydrogens (tertiary/aromatic N) is 4. The summed E-state index contributed by atoms with van der Waals surface area (Å²) in [5, 5.41) is 7.95. The summed E-state index contributed by atoms with van der Waals surface area (Å²) in [6.07, 6.45) is 2.96. The number of benzene rings is 2. The van der Waals surface area contributed by atoms with Gasteiger partial charge in [0.05, 0.1) is 11.4 Å². The molecule has 2 aromatic carbocycles. The van der Waals surface area contributed by atoms with E-state index in [0.29, 0.717) is 22.5 Å². The molecule has 7 nitrogen and oxygen atoms in total. The Morgan fingerprint density at radius 1 is 0.783 bits per heavy atom. The molecule has 0 saturated carbocycles. The van der Waals surface area contributed by atoms with Crippen LogP contribution in [0.5, 0.6) is 0 Å². The van der Waals surface area contributed by atoms with E-state index < -0.39 is 0 Å². The fourth-order valence-corrected chi connectivity index (χ4v) is 1.98. The Bertz CT molecular complexity index is 875. The van der Waals surface area contributed by atoms with E-state index in [2.05, 4.69) is 20.2 Å². The summed E-state index contributed by atoms with van der Waals surface area (Å²) < 4.78 is 5.62. The van der Waals surface area contributed by atoms with E-state index in [-0.39, 0.29) is 11.8 Å². The van der Waals surface area contributed by atoms with E-state index >= 15 is 0 Å². The minimum Gasteiger partial charge on any atom is -0.416 e. The Hall–Kier alpha value is -3.66. The van der Waals surface area contributed by atoms with Crippen LogP contribution in [0.1, 0.15) is 0 Å². The van der Waals surface area contributed by atoms with E-state index in [9.17, 15) is 9.59 Å². The van der Waals surface area contributed by atoms with Crippen molar-refractivity contribution in [3.63, 3.8) is 0 Å². The molecular formula is C16H8N4O3. The zero-order chi connectivity index (χ0) is 16.1. The predicted molar refractivity (Wildman–Crippen MR) is 80.7 cm³/mol. The second kappa shape index (κ2) is 6.41. The van der Waals surface area contributed by atoms with Crippen molar-refractivity contribution in [3.05, 3.63) is 48.5 Å². The number of aromatic nitrogens is 2. The van der Waals surface area contributed by atoms with Crippen molar-refractivity contribution < 1.29 is 14.0 Å². The van der Waals surface area contributed by atoms with Crippen molar-refractivity contribution in [2.24, 2.45) is 9.98 Å². The first-order valence-electron chi connectivity index (χ1n) is 6.50. The smallest absolute Gasteiger partial charge is 0.248 e. The summed E-state index contributed by atoms with van der Waals surface area (Å²) in [6.45, 7) is 0. The molecule has 1 aromatic heterocycles. The number of hydrogen-bond donors (Lipinski definition) is 0. The van der Waals surface area contributed by atoms with E-state index in [4.69, 9.17) is 4.42 Å². The molecule has 0 saturated heterocycles. The first-order valence-corrected chi connectivity index (χ1v) is 6.50. The number of rotatable bonds is 4. The highest BCUT2D eigenvalue weighted by atomic mass is 16.4. The molecule has 110 valence electrons. The monoisotopic (exact) mass is 304 g/mol. The molecule has 0 atom stereocenters. The third-order valence-corrected chi connectivity index (χ3v) is 2.96. The fraction of sp³-hybridized carbons (Fsp3) is 0. The standard InChI is InChI=1S/C16H8N4O3/c21-9-17-13-5-1-3-11(7-13)15-19-20-16(23-15)12-4-2-6-14(8-12)18-10-22/h1-8H. The van der Waals surface area contributed by atoms with Crippen LogP contribution in [-0.4, -0.2) is 22.4 Å². The van der Waals surface area contributed by atoms with Crippen molar-refractivity contribution in [2.75, 3.05) is 0 Å². The van der Waals surface area contributed by atoms with Gasteiger partial charge >= 0.3 is 0 Å². The van der Waals surface area contributed by atoms with Crippen LogP contribution >= 0.6 is 0 Å². The third kappa shape index (κ3) is 3.16. The largest absolute Gasteiger partial charge is 0.416 e. The van der Waals surface area contributed by atoms with E-state index in [1.807, 2.05) is 0 Å². The number of carbonyl (C=O) groups excluding carboxylic acids is 2. The van der Waals surface area contributed by atoms with Crippen LogP contribution in [-0.2, 0) is 9.59 Å². The number of isocyanates is 2. The van der Waals surface area contributed by atoms with Gasteiger partial charge in [-0.25, -0.2) is 9.59 Å². The van der Waals surface area contributed by atoms with Crippen LogP contribution in [0.25, 0.3) is 22.9 Å². The van der Waals surface area contributed by atoms with Gasteiger partial charge in [0.15, 0.2) is 0 Å². The van der Waals surface area contributed by atoms with Gasteiger partial charge in [-0.05, 0) is 36.4 Å². The molecule has 0 aliphatic carbocycles. The Labute approximate surface area is 130 Å². The Morgan fingerprint density at radius 3 is 1.70 bits per heavy atom. The molecule has 23 heavy (non-hydrogen) atoms. The molecule has 0 bridgehead atoms. The Balaban J connectivity index is 1.97. The lowest BCUT2D eigenvalue weighted by Gasteiger charge is -1.97. The molecule has 0 amide bonds. The van der Waals surface area contributed by atoms with Crippen molar-refractivity contribution in [1.82, 2.24) is 10.2 Å². The molecule has 1 heterocycles. The zero-order valence-electron chi connectivity index (χ0n) is 11.6. The van der Waals surface area contributed by atoms with Crippen LogP contribution in [0.3, 0.4) is 0 Å². The summed E-state index contributed by atoms with van der Waals surface area (Å²) in [5.41, 5.74) is 2.14. The van der Waals surface area contributed by atoms with E-state index in [0.717, 1.165) is 0 Å². The molecule has 0 N–H and O–H groups in total. The third-order valence-electron chi connectivity index (χ3n) is 2.96. The molecule has 0 fully saturated rings. The van der Waals surface area contributed by atoms with Gasteiger partial charge in [-0.1, -0.05) is 12.1 Å². The molecule has 0 unspecified atom stereocenters. The zero-order valence-corrected chi connectivity index (χ0v) is 11.6. The predicted octanol–water partition coefficient (Wildman–Crippen LogP) is 3.34. The summed E-state index contributed by atoms with van der Waals surface area (Å²) >= 11 is 0. The summed E-state index contributed by atoms with van der Waals surface area (Å²) in [7, 11) is 0. The average molecular weight is 304 g/mol. The summed E-state index contributed by atoms with van der Waals surface area (Å²) in [6, 6.07) is 13.5. The van der Waals surface area contributed by atoms with E-state index in [1.54, 1.807) is 48.5 Å². The second-order valence-corrected chi connectivity index (χ2v) is 4.42. The van der Waals surface area contributed by atoms with Gasteiger partial charge in [-0.2, -0.15) is 9.98 Å². The Kier molecular flexibility index (Phi) is 3.98. The fourth-order valence-electron chi connectivity index (χ4n) is 1.98. The minimum atomic E-state index is 0.284. The first-order chi connectivity index (χ1) is 11.3. The van der Waals surface area contributed by atoms with Crippen LogP contribution in [0.2, 0.25) is 0 Å². The van der Waals surface area contributed by atoms with Crippen molar-refractivity contribution in [1.29, 1.82) is 0 Å². The molecule has 0 aliphatic heterocycles. The molecule has 7 heteroatoms. The molecule has 0 spiro atoms. The topological polar surface area (TPSA) is 97.8 Å². The minimum absolute atomic E-state index is 0.284. The van der Waals surface area contributed by atoms with Crippen LogP contribution in [0.4, 0.5) is 11.4 Å². The first kappa shape index (κ1) is 14.3. The van der Waals surface area contributed by atoms with Crippen molar-refractivity contribution in [3.8, 4) is 22.9 Å². The summed E-state index contributed by atoms with van der Waals surface area (Å²) in [4.78, 5) is 27.7. The van der Waals surface area contributed by atoms with Gasteiger partial charge in [0, 0.05) is 11.1 Å². The average Bonchev–Trinajstić information content (AvgIpc) is 3.06. The van der Waals surface area contributed by atoms with Gasteiger partial charge < -0.3 is 4.42 Å². The van der Waals surface area contributed by atoms with Crippen molar-refractivity contribution >= 4 is 23.5 Å². The van der Waals surface area contributed by atoms with E-state index in [1.165, 1.54) is 12.2 Å². The van der Waals surface area contributed by atoms with Gasteiger partial charge in [0.2, 0.25) is 23.9 Å². The van der Waals surface area contributed by atoms with Gasteiger partial charge in [0.25, 0.3) is 0 Å². The SMILES string of the molecule is O=C=Nc1cccc(-c2nnc(-c3cccc(N=C=O)c3)o2)c1. The maximum atomic E-state index is 10.3. The second-order valence-electron chi connectivity index (χ2n) is 4.42. The lowest BCUT2D eigenvalue weighted by molar-refractivity contribution is 0.564. The highest BCUT2D eigenvalue weighted by Crippen LogP contribution is 2.27. The molecule has 0 radical (unpaired) electrons. The highest BCUT2D eigenvalue weighted by Gasteiger charge is 2.11. The van der Waals surface area contributed by atoms with Gasteiger partial charge in [0.1, 0.15) is 0 Å². The lowest BCUT2D eigenvalue weighted by atomic mass is 10.2. The van der Waals surface area contributed by atoms with Crippen LogP contribution in [0.15, 0.2) is 62.9 Å². The summed E-state index contributed by atoms with van der Waals surface area (Å²) in [5.74, 6) is 0.569. The van der Waals surface area contributed by atoms with Crippen molar-refractivity contribution in [2.45, 2.75) is 0 Å².